The molecule has 3 rings (SSSR count). The molecule has 0 saturated heterocycles. The number of aromatic nitrogens is 3. The van der Waals surface area contributed by atoms with Gasteiger partial charge in [-0.05, 0) is 17.4 Å². The van der Waals surface area contributed by atoms with E-state index in [9.17, 15) is 0 Å². The molecule has 1 aromatic heterocycles. The van der Waals surface area contributed by atoms with Crippen molar-refractivity contribution in [3.05, 3.63) is 29.8 Å². The molecule has 3 nitrogen and oxygen atoms in total. The topological polar surface area (TPSA) is 30.7 Å². The maximum Gasteiger partial charge on any atom is 0.191 e. The molecule has 0 atom stereocenters. The zero-order chi connectivity index (χ0) is 13.5. The molecule has 0 saturated carbocycles. The number of nitrogens with zero attached hydrogens (tertiary/aromatic N) is 3. The van der Waals surface area contributed by atoms with E-state index in [0.717, 1.165) is 28.8 Å². The SMILES string of the molecule is CC(C)(C)c1ccc(-c2nnc3n2CCCS3)cc1. The lowest BCUT2D eigenvalue weighted by molar-refractivity contribution is 0.590. The van der Waals surface area contributed by atoms with Crippen LogP contribution < -0.4 is 0 Å². The molecular weight excluding hydrogens is 254 g/mol. The Balaban J connectivity index is 1.97. The van der Waals surface area contributed by atoms with Crippen molar-refractivity contribution in [3.63, 3.8) is 0 Å². The fourth-order valence-corrected chi connectivity index (χ4v) is 3.20. The Labute approximate surface area is 118 Å². The fourth-order valence-electron chi connectivity index (χ4n) is 2.32. The minimum atomic E-state index is 0.193. The van der Waals surface area contributed by atoms with E-state index >= 15 is 0 Å². The van der Waals surface area contributed by atoms with E-state index in [1.165, 1.54) is 12.0 Å². The molecule has 2 aromatic rings. The second-order valence-electron chi connectivity index (χ2n) is 5.99. The van der Waals surface area contributed by atoms with Gasteiger partial charge >= 0.3 is 0 Å². The van der Waals surface area contributed by atoms with Crippen molar-refractivity contribution in [1.82, 2.24) is 14.8 Å². The normalized spacial score (nSPS) is 15.3. The molecular formula is C15H19N3S. The summed E-state index contributed by atoms with van der Waals surface area (Å²) in [5.41, 5.74) is 2.71. The van der Waals surface area contributed by atoms with Crippen LogP contribution in [0.4, 0.5) is 0 Å². The highest BCUT2D eigenvalue weighted by atomic mass is 32.2. The second kappa shape index (κ2) is 4.67. The predicted octanol–water partition coefficient (Wildman–Crippen LogP) is 3.74. The predicted molar refractivity (Wildman–Crippen MR) is 79.5 cm³/mol. The highest BCUT2D eigenvalue weighted by Gasteiger charge is 2.18. The fraction of sp³-hybridized carbons (Fsp3) is 0.467. The molecule has 0 fully saturated rings. The molecule has 0 bridgehead atoms. The summed E-state index contributed by atoms with van der Waals surface area (Å²) >= 11 is 1.80. The van der Waals surface area contributed by atoms with Gasteiger partial charge in [0.2, 0.25) is 0 Å². The van der Waals surface area contributed by atoms with E-state index in [2.05, 4.69) is 59.8 Å². The third-order valence-corrected chi connectivity index (χ3v) is 4.54. The van der Waals surface area contributed by atoms with Gasteiger partial charge < -0.3 is 4.57 Å². The van der Waals surface area contributed by atoms with Crippen LogP contribution in [0.3, 0.4) is 0 Å². The molecule has 100 valence electrons. The summed E-state index contributed by atoms with van der Waals surface area (Å²) in [4.78, 5) is 0. The summed E-state index contributed by atoms with van der Waals surface area (Å²) < 4.78 is 2.24. The Morgan fingerprint density at radius 2 is 1.84 bits per heavy atom. The molecule has 1 aliphatic rings. The third-order valence-electron chi connectivity index (χ3n) is 3.48. The van der Waals surface area contributed by atoms with Gasteiger partial charge in [-0.3, -0.25) is 0 Å². The smallest absolute Gasteiger partial charge is 0.191 e. The molecule has 4 heteroatoms. The first kappa shape index (κ1) is 12.7. The molecule has 2 heterocycles. The zero-order valence-corrected chi connectivity index (χ0v) is 12.5. The maximum absolute atomic E-state index is 4.35. The Kier molecular flexibility index (Phi) is 3.13. The van der Waals surface area contributed by atoms with Crippen LogP contribution in [0.5, 0.6) is 0 Å². The Bertz CT molecular complexity index is 578. The quantitative estimate of drug-likeness (QED) is 0.793. The summed E-state index contributed by atoms with van der Waals surface area (Å²) in [5.74, 6) is 2.16. The van der Waals surface area contributed by atoms with E-state index in [-0.39, 0.29) is 5.41 Å². The lowest BCUT2D eigenvalue weighted by atomic mass is 9.87. The molecule has 0 amide bonds. The summed E-state index contributed by atoms with van der Waals surface area (Å²) in [6.45, 7) is 7.73. The van der Waals surface area contributed by atoms with Crippen molar-refractivity contribution in [2.45, 2.75) is 44.3 Å². The van der Waals surface area contributed by atoms with E-state index < -0.39 is 0 Å². The van der Waals surface area contributed by atoms with Crippen LogP contribution in [-0.2, 0) is 12.0 Å². The molecule has 0 unspecified atom stereocenters. The van der Waals surface area contributed by atoms with Gasteiger partial charge in [-0.25, -0.2) is 0 Å². The van der Waals surface area contributed by atoms with Gasteiger partial charge in [-0.2, -0.15) is 0 Å². The average Bonchev–Trinajstić information content (AvgIpc) is 2.82. The molecule has 0 spiro atoms. The molecule has 19 heavy (non-hydrogen) atoms. The van der Waals surface area contributed by atoms with Crippen LogP contribution in [0.15, 0.2) is 29.4 Å². The van der Waals surface area contributed by atoms with E-state index in [1.807, 2.05) is 0 Å². The Morgan fingerprint density at radius 1 is 1.11 bits per heavy atom. The summed E-state index contributed by atoms with van der Waals surface area (Å²) in [5, 5.41) is 9.69. The van der Waals surface area contributed by atoms with Crippen LogP contribution in [-0.4, -0.2) is 20.5 Å². The standard InChI is InChI=1S/C15H19N3S/c1-15(2,3)12-7-5-11(6-8-12)13-16-17-14-18(13)9-4-10-19-14/h5-8H,4,9-10H2,1-3H3. The van der Waals surface area contributed by atoms with E-state index in [0.29, 0.717) is 0 Å². The number of hydrogen-bond donors (Lipinski definition) is 0. The number of benzene rings is 1. The van der Waals surface area contributed by atoms with Crippen molar-refractivity contribution in [3.8, 4) is 11.4 Å². The summed E-state index contributed by atoms with van der Waals surface area (Å²) in [7, 11) is 0. The molecule has 1 aromatic carbocycles. The minimum absolute atomic E-state index is 0.193. The van der Waals surface area contributed by atoms with Crippen molar-refractivity contribution in [2.24, 2.45) is 0 Å². The maximum atomic E-state index is 4.35. The number of hydrogen-bond acceptors (Lipinski definition) is 3. The van der Waals surface area contributed by atoms with Gasteiger partial charge in [0.15, 0.2) is 11.0 Å². The monoisotopic (exact) mass is 273 g/mol. The first-order chi connectivity index (χ1) is 9.05. The third kappa shape index (κ3) is 2.41. The van der Waals surface area contributed by atoms with Gasteiger partial charge in [-0.1, -0.05) is 56.8 Å². The van der Waals surface area contributed by atoms with Crippen LogP contribution >= 0.6 is 11.8 Å². The molecule has 0 aliphatic carbocycles. The van der Waals surface area contributed by atoms with Gasteiger partial charge in [0, 0.05) is 17.9 Å². The molecule has 1 aliphatic heterocycles. The van der Waals surface area contributed by atoms with Crippen molar-refractivity contribution >= 4 is 11.8 Å². The lowest BCUT2D eigenvalue weighted by Gasteiger charge is -2.19. The van der Waals surface area contributed by atoms with Crippen LogP contribution in [0.25, 0.3) is 11.4 Å². The van der Waals surface area contributed by atoms with Gasteiger partial charge in [-0.15, -0.1) is 10.2 Å². The summed E-state index contributed by atoms with van der Waals surface area (Å²) in [6, 6.07) is 8.73. The van der Waals surface area contributed by atoms with Crippen LogP contribution in [0.2, 0.25) is 0 Å². The van der Waals surface area contributed by atoms with Gasteiger partial charge in [0.25, 0.3) is 0 Å². The Hall–Kier alpha value is -1.29. The lowest BCUT2D eigenvalue weighted by Crippen LogP contribution is -2.11. The molecule has 0 N–H and O–H groups in total. The number of rotatable bonds is 1. The average molecular weight is 273 g/mol. The first-order valence-electron chi connectivity index (χ1n) is 6.72. The van der Waals surface area contributed by atoms with Crippen molar-refractivity contribution in [2.75, 3.05) is 5.75 Å². The zero-order valence-electron chi connectivity index (χ0n) is 11.7. The highest BCUT2D eigenvalue weighted by molar-refractivity contribution is 7.99. The van der Waals surface area contributed by atoms with Gasteiger partial charge in [0.05, 0.1) is 0 Å². The Morgan fingerprint density at radius 3 is 2.53 bits per heavy atom. The van der Waals surface area contributed by atoms with Crippen LogP contribution in [0.1, 0.15) is 32.8 Å². The second-order valence-corrected chi connectivity index (χ2v) is 7.05. The van der Waals surface area contributed by atoms with Gasteiger partial charge in [0.1, 0.15) is 0 Å². The summed E-state index contributed by atoms with van der Waals surface area (Å²) in [6.07, 6.45) is 1.20. The first-order valence-corrected chi connectivity index (χ1v) is 7.71. The van der Waals surface area contributed by atoms with Crippen molar-refractivity contribution in [1.29, 1.82) is 0 Å². The molecule has 0 radical (unpaired) electrons. The van der Waals surface area contributed by atoms with E-state index in [4.69, 9.17) is 0 Å². The van der Waals surface area contributed by atoms with Crippen molar-refractivity contribution < 1.29 is 0 Å². The number of fused-ring (bicyclic) bond motifs is 1. The van der Waals surface area contributed by atoms with Crippen LogP contribution in [0, 0.1) is 0 Å². The highest BCUT2D eigenvalue weighted by Crippen LogP contribution is 2.30. The number of thioether (sulfide) groups is 1. The largest absolute Gasteiger partial charge is 0.302 e. The van der Waals surface area contributed by atoms with E-state index in [1.54, 1.807) is 11.8 Å². The minimum Gasteiger partial charge on any atom is -0.302 e.